The van der Waals surface area contributed by atoms with Crippen molar-refractivity contribution in [1.82, 2.24) is 0 Å². The Morgan fingerprint density at radius 1 is 1.38 bits per heavy atom. The Bertz CT molecular complexity index is 508. The van der Waals surface area contributed by atoms with Crippen molar-refractivity contribution in [1.29, 1.82) is 0 Å². The van der Waals surface area contributed by atoms with Gasteiger partial charge in [-0.15, -0.1) is 0 Å². The topological polar surface area (TPSA) is 71.4 Å². The maximum absolute atomic E-state index is 11.3. The summed E-state index contributed by atoms with van der Waals surface area (Å²) in [6, 6.07) is 4.37. The maximum Gasteiger partial charge on any atom is 0.303 e. The number of halogens is 1. The van der Waals surface area contributed by atoms with Crippen molar-refractivity contribution in [3.63, 3.8) is 0 Å². The second-order valence-corrected chi connectivity index (χ2v) is 5.91. The van der Waals surface area contributed by atoms with E-state index < -0.39 is 15.8 Å². The molecule has 0 heterocycles. The van der Waals surface area contributed by atoms with E-state index in [1.54, 1.807) is 6.07 Å². The van der Waals surface area contributed by atoms with Crippen LogP contribution in [0.15, 0.2) is 23.1 Å². The molecule has 0 aliphatic rings. The fourth-order valence-electron chi connectivity index (χ4n) is 1.23. The molecule has 16 heavy (non-hydrogen) atoms. The zero-order valence-electron chi connectivity index (χ0n) is 8.60. The summed E-state index contributed by atoms with van der Waals surface area (Å²) in [6.07, 6.45) is 1.29. The van der Waals surface area contributed by atoms with Gasteiger partial charge >= 0.3 is 5.97 Å². The third-order valence-corrected chi connectivity index (χ3v) is 3.30. The lowest BCUT2D eigenvalue weighted by Gasteiger charge is -2.04. The minimum Gasteiger partial charge on any atom is -0.481 e. The number of benzene rings is 1. The third kappa shape index (κ3) is 3.83. The van der Waals surface area contributed by atoms with Gasteiger partial charge in [-0.3, -0.25) is 4.79 Å². The fourth-order valence-corrected chi connectivity index (χ4v) is 2.26. The Hall–Kier alpha value is -1.07. The van der Waals surface area contributed by atoms with Gasteiger partial charge in [0.2, 0.25) is 0 Å². The number of carboxylic acids is 1. The summed E-state index contributed by atoms with van der Waals surface area (Å²) >= 11 is 5.76. The summed E-state index contributed by atoms with van der Waals surface area (Å²) in [5, 5.41) is 8.82. The molecular weight excluding hydrogens is 252 g/mol. The highest BCUT2D eigenvalue weighted by Gasteiger charge is 2.10. The van der Waals surface area contributed by atoms with Crippen molar-refractivity contribution >= 4 is 27.4 Å². The van der Waals surface area contributed by atoms with Crippen LogP contribution in [0.5, 0.6) is 0 Å². The van der Waals surface area contributed by atoms with E-state index in [0.29, 0.717) is 10.6 Å². The largest absolute Gasteiger partial charge is 0.481 e. The molecule has 0 aliphatic carbocycles. The van der Waals surface area contributed by atoms with E-state index in [-0.39, 0.29) is 17.7 Å². The van der Waals surface area contributed by atoms with Crippen LogP contribution in [0.25, 0.3) is 0 Å². The van der Waals surface area contributed by atoms with Crippen LogP contribution in [-0.4, -0.2) is 25.7 Å². The highest BCUT2D eigenvalue weighted by Crippen LogP contribution is 2.20. The molecule has 0 saturated carbocycles. The average Bonchev–Trinajstić information content (AvgIpc) is 2.12. The van der Waals surface area contributed by atoms with E-state index in [4.69, 9.17) is 16.7 Å². The molecule has 0 radical (unpaired) electrons. The van der Waals surface area contributed by atoms with E-state index in [9.17, 15) is 13.2 Å². The summed E-state index contributed by atoms with van der Waals surface area (Å²) in [6.45, 7) is 0. The van der Waals surface area contributed by atoms with E-state index in [0.717, 1.165) is 6.26 Å². The number of sulfone groups is 1. The number of aryl methyl sites for hydroxylation is 1. The molecule has 0 unspecified atom stereocenters. The molecule has 0 fully saturated rings. The second kappa shape index (κ2) is 4.84. The van der Waals surface area contributed by atoms with Crippen LogP contribution < -0.4 is 0 Å². The van der Waals surface area contributed by atoms with Crippen LogP contribution in [0, 0.1) is 0 Å². The highest BCUT2D eigenvalue weighted by atomic mass is 35.5. The Labute approximate surface area is 98.8 Å². The molecule has 4 nitrogen and oxygen atoms in total. The molecule has 0 atom stereocenters. The van der Waals surface area contributed by atoms with Gasteiger partial charge in [-0.1, -0.05) is 11.6 Å². The summed E-state index contributed by atoms with van der Waals surface area (Å²) in [5.74, 6) is -0.930. The van der Waals surface area contributed by atoms with Crippen molar-refractivity contribution in [2.75, 3.05) is 6.26 Å². The SMILES string of the molecule is CS(=O)(=O)c1cc(Cl)cc(CCC(=O)O)c1. The second-order valence-electron chi connectivity index (χ2n) is 3.46. The van der Waals surface area contributed by atoms with Crippen LogP contribution in [0.1, 0.15) is 12.0 Å². The van der Waals surface area contributed by atoms with Crippen molar-refractivity contribution in [3.8, 4) is 0 Å². The van der Waals surface area contributed by atoms with Crippen molar-refractivity contribution in [2.45, 2.75) is 17.7 Å². The number of hydrogen-bond acceptors (Lipinski definition) is 3. The number of rotatable bonds is 4. The fraction of sp³-hybridized carbons (Fsp3) is 0.300. The normalized spacial score (nSPS) is 11.4. The predicted octanol–water partition coefficient (Wildman–Crippen LogP) is 1.76. The molecular formula is C10H11ClO4S. The van der Waals surface area contributed by atoms with Crippen LogP contribution in [0.2, 0.25) is 5.02 Å². The lowest BCUT2D eigenvalue weighted by Crippen LogP contribution is -2.01. The first-order valence-corrected chi connectivity index (χ1v) is 6.77. The van der Waals surface area contributed by atoms with Gasteiger partial charge in [-0.2, -0.15) is 0 Å². The lowest BCUT2D eigenvalue weighted by atomic mass is 10.1. The first kappa shape index (κ1) is 13.0. The summed E-state index contributed by atoms with van der Waals surface area (Å²) in [7, 11) is -3.32. The average molecular weight is 263 g/mol. The van der Waals surface area contributed by atoms with Crippen molar-refractivity contribution in [3.05, 3.63) is 28.8 Å². The van der Waals surface area contributed by atoms with Gasteiger partial charge in [-0.05, 0) is 30.2 Å². The smallest absolute Gasteiger partial charge is 0.303 e. The number of aliphatic carboxylic acids is 1. The van der Waals surface area contributed by atoms with Crippen LogP contribution in [0.3, 0.4) is 0 Å². The van der Waals surface area contributed by atoms with E-state index in [2.05, 4.69) is 0 Å². The molecule has 0 aromatic heterocycles. The molecule has 1 rings (SSSR count). The monoisotopic (exact) mass is 262 g/mol. The van der Waals surface area contributed by atoms with Crippen LogP contribution >= 0.6 is 11.6 Å². The highest BCUT2D eigenvalue weighted by molar-refractivity contribution is 7.90. The minimum atomic E-state index is -3.32. The molecule has 1 aromatic carbocycles. The molecule has 0 bridgehead atoms. The Morgan fingerprint density at radius 2 is 2.00 bits per heavy atom. The Morgan fingerprint density at radius 3 is 2.50 bits per heavy atom. The summed E-state index contributed by atoms with van der Waals surface area (Å²) in [4.78, 5) is 10.5. The number of carbonyl (C=O) groups is 1. The summed E-state index contributed by atoms with van der Waals surface area (Å²) < 4.78 is 22.6. The zero-order valence-corrected chi connectivity index (χ0v) is 10.2. The van der Waals surface area contributed by atoms with Crippen LogP contribution in [-0.2, 0) is 21.1 Å². The Balaban J connectivity index is 3.04. The number of carboxylic acid groups (broad SMARTS) is 1. The van der Waals surface area contributed by atoms with Crippen molar-refractivity contribution in [2.24, 2.45) is 0 Å². The quantitative estimate of drug-likeness (QED) is 0.898. The third-order valence-electron chi connectivity index (χ3n) is 1.99. The van der Waals surface area contributed by atoms with Gasteiger partial charge in [0.1, 0.15) is 0 Å². The molecule has 1 N–H and O–H groups in total. The molecule has 1 aromatic rings. The van der Waals surface area contributed by atoms with Gasteiger partial charge in [0.15, 0.2) is 9.84 Å². The van der Waals surface area contributed by atoms with Gasteiger partial charge in [0, 0.05) is 17.7 Å². The van der Waals surface area contributed by atoms with E-state index in [1.807, 2.05) is 0 Å². The molecule has 0 aliphatic heterocycles. The maximum atomic E-state index is 11.3. The van der Waals surface area contributed by atoms with E-state index in [1.165, 1.54) is 12.1 Å². The Kier molecular flexibility index (Phi) is 3.93. The van der Waals surface area contributed by atoms with Crippen molar-refractivity contribution < 1.29 is 18.3 Å². The van der Waals surface area contributed by atoms with Gasteiger partial charge in [0.25, 0.3) is 0 Å². The molecule has 88 valence electrons. The van der Waals surface area contributed by atoms with Gasteiger partial charge in [0.05, 0.1) is 4.90 Å². The standard InChI is InChI=1S/C10H11ClO4S/c1-16(14,15)9-5-7(2-3-10(12)13)4-8(11)6-9/h4-6H,2-3H2,1H3,(H,12,13). The van der Waals surface area contributed by atoms with Gasteiger partial charge in [-0.25, -0.2) is 8.42 Å². The molecule has 0 saturated heterocycles. The molecule has 0 amide bonds. The predicted molar refractivity (Wildman–Crippen MR) is 60.5 cm³/mol. The zero-order chi connectivity index (χ0) is 12.3. The summed E-state index contributed by atoms with van der Waals surface area (Å²) in [5.41, 5.74) is 0.607. The molecule has 6 heteroatoms. The first-order chi connectivity index (χ1) is 7.29. The van der Waals surface area contributed by atoms with Gasteiger partial charge < -0.3 is 5.11 Å². The minimum absolute atomic E-state index is 0.0520. The molecule has 0 spiro atoms. The van der Waals surface area contributed by atoms with Crippen LogP contribution in [0.4, 0.5) is 0 Å². The van der Waals surface area contributed by atoms with E-state index >= 15 is 0 Å². The first-order valence-electron chi connectivity index (χ1n) is 4.50. The lowest BCUT2D eigenvalue weighted by molar-refractivity contribution is -0.136. The number of hydrogen-bond donors (Lipinski definition) is 1.